The Kier molecular flexibility index (Phi) is 6.81. The third-order valence-corrected chi connectivity index (χ3v) is 5.78. The van der Waals surface area contributed by atoms with E-state index in [4.69, 9.17) is 4.74 Å². The van der Waals surface area contributed by atoms with Gasteiger partial charge in [0.25, 0.3) is 5.91 Å². The number of likely N-dealkylation sites (N-methyl/N-ethyl adjacent to an activating group) is 1. The van der Waals surface area contributed by atoms with E-state index in [1.807, 2.05) is 6.07 Å². The first kappa shape index (κ1) is 22.6. The van der Waals surface area contributed by atoms with Crippen LogP contribution in [0.3, 0.4) is 0 Å². The molecular formula is C21H26N2O5S. The molecule has 0 heterocycles. The molecule has 156 valence electrons. The molecule has 2 aromatic carbocycles. The molecule has 0 spiro atoms. The van der Waals surface area contributed by atoms with E-state index in [1.54, 1.807) is 59.0 Å². The minimum Gasteiger partial charge on any atom is -0.452 e. The third kappa shape index (κ3) is 6.13. The summed E-state index contributed by atoms with van der Waals surface area (Å²) in [5.74, 6) is -1.16. The molecule has 0 aliphatic carbocycles. The van der Waals surface area contributed by atoms with E-state index in [0.717, 1.165) is 0 Å². The highest BCUT2D eigenvalue weighted by Crippen LogP contribution is 2.19. The lowest BCUT2D eigenvalue weighted by molar-refractivity contribution is -0.121. The number of amides is 1. The molecule has 1 N–H and O–H groups in total. The molecule has 0 aliphatic rings. The minimum atomic E-state index is -3.80. The number of benzene rings is 2. The van der Waals surface area contributed by atoms with Gasteiger partial charge < -0.3 is 9.64 Å². The van der Waals surface area contributed by atoms with Crippen LogP contribution in [0.2, 0.25) is 0 Å². The normalized spacial score (nSPS) is 11.8. The second-order valence-corrected chi connectivity index (χ2v) is 9.38. The fourth-order valence-corrected chi connectivity index (χ4v) is 3.99. The highest BCUT2D eigenvalue weighted by molar-refractivity contribution is 7.89. The maximum atomic E-state index is 12.5. The first-order chi connectivity index (χ1) is 13.4. The van der Waals surface area contributed by atoms with Gasteiger partial charge in [-0.25, -0.2) is 17.9 Å². The number of hydrogen-bond donors (Lipinski definition) is 1. The number of carbonyl (C=O) groups is 2. The molecule has 0 saturated carbocycles. The number of carbonyl (C=O) groups excluding carboxylic acids is 2. The number of rotatable bonds is 6. The van der Waals surface area contributed by atoms with Crippen LogP contribution in [-0.4, -0.2) is 39.5 Å². The van der Waals surface area contributed by atoms with Crippen LogP contribution < -0.4 is 9.62 Å². The van der Waals surface area contributed by atoms with Crippen molar-refractivity contribution in [2.45, 2.75) is 38.1 Å². The van der Waals surface area contributed by atoms with Crippen molar-refractivity contribution in [2.75, 3.05) is 18.6 Å². The van der Waals surface area contributed by atoms with E-state index in [-0.39, 0.29) is 10.5 Å². The summed E-state index contributed by atoms with van der Waals surface area (Å²) < 4.78 is 32.7. The Morgan fingerprint density at radius 3 is 2.28 bits per heavy atom. The second-order valence-electron chi connectivity index (χ2n) is 7.70. The Bertz CT molecular complexity index is 995. The minimum absolute atomic E-state index is 0.0438. The van der Waals surface area contributed by atoms with Crippen molar-refractivity contribution in [2.24, 2.45) is 0 Å². The van der Waals surface area contributed by atoms with Crippen LogP contribution in [0.25, 0.3) is 0 Å². The van der Waals surface area contributed by atoms with Crippen LogP contribution in [0.15, 0.2) is 53.4 Å². The molecule has 2 aromatic rings. The van der Waals surface area contributed by atoms with Gasteiger partial charge in [0.15, 0.2) is 6.61 Å². The second kappa shape index (κ2) is 8.75. The average Bonchev–Trinajstić information content (AvgIpc) is 2.64. The Hall–Kier alpha value is -2.71. The van der Waals surface area contributed by atoms with Crippen LogP contribution in [0.1, 0.15) is 36.7 Å². The molecule has 0 atom stereocenters. The van der Waals surface area contributed by atoms with Crippen molar-refractivity contribution < 1.29 is 22.7 Å². The zero-order chi connectivity index (χ0) is 21.8. The Morgan fingerprint density at radius 2 is 1.69 bits per heavy atom. The van der Waals surface area contributed by atoms with Gasteiger partial charge in [0, 0.05) is 18.3 Å². The molecule has 7 nitrogen and oxygen atoms in total. The van der Waals surface area contributed by atoms with Crippen molar-refractivity contribution in [3.05, 3.63) is 59.7 Å². The summed E-state index contributed by atoms with van der Waals surface area (Å²) in [6.07, 6.45) is 0. The SMILES string of the molecule is Cc1ccc(S(=O)(=O)NC(C)(C)C)cc1C(=O)OCC(=O)N(C)c1ccccc1. The van der Waals surface area contributed by atoms with E-state index in [0.29, 0.717) is 11.3 Å². The standard InChI is InChI=1S/C21H26N2O5S/c1-15-11-12-17(29(26,27)22-21(2,3)4)13-18(15)20(25)28-14-19(24)23(5)16-9-7-6-8-10-16/h6-13,22H,14H2,1-5H3. The Morgan fingerprint density at radius 1 is 1.07 bits per heavy atom. The van der Waals surface area contributed by atoms with E-state index >= 15 is 0 Å². The fraction of sp³-hybridized carbons (Fsp3) is 0.333. The highest BCUT2D eigenvalue weighted by atomic mass is 32.2. The monoisotopic (exact) mass is 418 g/mol. The smallest absolute Gasteiger partial charge is 0.338 e. The molecule has 29 heavy (non-hydrogen) atoms. The topological polar surface area (TPSA) is 92.8 Å². The molecule has 0 fully saturated rings. The Labute approximate surface area is 171 Å². The molecule has 1 amide bonds. The number of sulfonamides is 1. The predicted molar refractivity (Wildman–Crippen MR) is 111 cm³/mol. The molecule has 0 unspecified atom stereocenters. The van der Waals surface area contributed by atoms with E-state index in [1.165, 1.54) is 23.1 Å². The van der Waals surface area contributed by atoms with Gasteiger partial charge in [-0.2, -0.15) is 0 Å². The summed E-state index contributed by atoms with van der Waals surface area (Å²) in [4.78, 5) is 26.1. The lowest BCUT2D eigenvalue weighted by Gasteiger charge is -2.21. The zero-order valence-electron chi connectivity index (χ0n) is 17.2. The molecule has 0 saturated heterocycles. The summed E-state index contributed by atoms with van der Waals surface area (Å²) in [6, 6.07) is 13.2. The number of nitrogens with zero attached hydrogens (tertiary/aromatic N) is 1. The third-order valence-electron chi connectivity index (χ3n) is 4.02. The maximum absolute atomic E-state index is 12.5. The number of esters is 1. The maximum Gasteiger partial charge on any atom is 0.338 e. The number of anilines is 1. The molecular weight excluding hydrogens is 392 g/mol. The van der Waals surface area contributed by atoms with Gasteiger partial charge >= 0.3 is 5.97 Å². The molecule has 8 heteroatoms. The van der Waals surface area contributed by atoms with Gasteiger partial charge in [-0.05, 0) is 57.5 Å². The van der Waals surface area contributed by atoms with E-state index in [9.17, 15) is 18.0 Å². The van der Waals surface area contributed by atoms with Gasteiger partial charge in [0.05, 0.1) is 10.5 Å². The number of ether oxygens (including phenoxy) is 1. The fourth-order valence-electron chi connectivity index (χ4n) is 2.55. The summed E-state index contributed by atoms with van der Waals surface area (Å²) >= 11 is 0. The number of hydrogen-bond acceptors (Lipinski definition) is 5. The van der Waals surface area contributed by atoms with Gasteiger partial charge in [0.1, 0.15) is 0 Å². The summed E-state index contributed by atoms with van der Waals surface area (Å²) in [5.41, 5.74) is 0.648. The van der Waals surface area contributed by atoms with Crippen molar-refractivity contribution in [1.29, 1.82) is 0 Å². The first-order valence-corrected chi connectivity index (χ1v) is 10.5. The van der Waals surface area contributed by atoms with Crippen LogP contribution in [0.5, 0.6) is 0 Å². The summed E-state index contributed by atoms with van der Waals surface area (Å²) in [5, 5.41) is 0. The first-order valence-electron chi connectivity index (χ1n) is 9.04. The number of nitrogens with one attached hydrogen (secondary N) is 1. The van der Waals surface area contributed by atoms with Crippen LogP contribution in [0.4, 0.5) is 5.69 Å². The van der Waals surface area contributed by atoms with Crippen molar-refractivity contribution in [3.8, 4) is 0 Å². The molecule has 0 bridgehead atoms. The molecule has 0 radical (unpaired) electrons. The summed E-state index contributed by atoms with van der Waals surface area (Å²) in [7, 11) is -2.22. The van der Waals surface area contributed by atoms with Gasteiger partial charge in [-0.15, -0.1) is 0 Å². The largest absolute Gasteiger partial charge is 0.452 e. The average molecular weight is 419 g/mol. The van der Waals surface area contributed by atoms with Crippen LogP contribution >= 0.6 is 0 Å². The van der Waals surface area contributed by atoms with Gasteiger partial charge in [-0.3, -0.25) is 4.79 Å². The lowest BCUT2D eigenvalue weighted by Crippen LogP contribution is -2.40. The highest BCUT2D eigenvalue weighted by Gasteiger charge is 2.24. The van der Waals surface area contributed by atoms with Gasteiger partial charge in [0.2, 0.25) is 10.0 Å². The van der Waals surface area contributed by atoms with Gasteiger partial charge in [-0.1, -0.05) is 24.3 Å². The van der Waals surface area contributed by atoms with E-state index in [2.05, 4.69) is 4.72 Å². The lowest BCUT2D eigenvalue weighted by atomic mass is 10.1. The van der Waals surface area contributed by atoms with Crippen molar-refractivity contribution in [3.63, 3.8) is 0 Å². The molecule has 2 rings (SSSR count). The zero-order valence-corrected chi connectivity index (χ0v) is 18.0. The van der Waals surface area contributed by atoms with Crippen molar-refractivity contribution >= 4 is 27.6 Å². The quantitative estimate of drug-likeness (QED) is 0.728. The predicted octanol–water partition coefficient (Wildman–Crippen LogP) is 2.89. The molecule has 0 aromatic heterocycles. The van der Waals surface area contributed by atoms with E-state index < -0.39 is 34.0 Å². The van der Waals surface area contributed by atoms with Crippen LogP contribution in [0, 0.1) is 6.92 Å². The summed E-state index contributed by atoms with van der Waals surface area (Å²) in [6.45, 7) is 6.39. The Balaban J connectivity index is 2.14. The van der Waals surface area contributed by atoms with Crippen molar-refractivity contribution in [1.82, 2.24) is 4.72 Å². The molecule has 0 aliphatic heterocycles. The number of aryl methyl sites for hydroxylation is 1. The number of para-hydroxylation sites is 1. The van der Waals surface area contributed by atoms with Crippen LogP contribution in [-0.2, 0) is 19.6 Å².